The highest BCUT2D eigenvalue weighted by molar-refractivity contribution is 9.11. The maximum Gasteiger partial charge on any atom is 0.272 e. The second kappa shape index (κ2) is 8.68. The number of nitrogens with zero attached hydrogens (tertiary/aromatic N) is 4. The first-order chi connectivity index (χ1) is 13.2. The van der Waals surface area contributed by atoms with Gasteiger partial charge in [0, 0.05) is 62.6 Å². The molecule has 2 fully saturated rings. The Bertz CT molecular complexity index is 786. The van der Waals surface area contributed by atoms with Crippen LogP contribution in [0, 0.1) is 0 Å². The molecule has 2 aliphatic rings. The van der Waals surface area contributed by atoms with E-state index in [2.05, 4.69) is 42.8 Å². The molecule has 0 saturated carbocycles. The summed E-state index contributed by atoms with van der Waals surface area (Å²) in [6.45, 7) is 7.40. The van der Waals surface area contributed by atoms with Crippen LogP contribution in [-0.2, 0) is 11.3 Å². The summed E-state index contributed by atoms with van der Waals surface area (Å²) in [6.07, 6.45) is 1.74. The number of morpholine rings is 1. The van der Waals surface area contributed by atoms with E-state index in [1.54, 1.807) is 17.5 Å². The van der Waals surface area contributed by atoms with E-state index in [1.807, 2.05) is 17.0 Å². The first-order valence-corrected chi connectivity index (χ1v) is 10.8. The highest BCUT2D eigenvalue weighted by Gasteiger charge is 2.24. The van der Waals surface area contributed by atoms with Crippen LogP contribution in [0.15, 0.2) is 34.2 Å². The Labute approximate surface area is 171 Å². The second-order valence-electron chi connectivity index (χ2n) is 6.77. The summed E-state index contributed by atoms with van der Waals surface area (Å²) < 4.78 is 6.57. The summed E-state index contributed by atoms with van der Waals surface area (Å²) in [5, 5.41) is 0. The number of hydrogen-bond donors (Lipinski definition) is 0. The number of ether oxygens (including phenoxy) is 1. The van der Waals surface area contributed by atoms with Crippen molar-refractivity contribution in [3.63, 3.8) is 0 Å². The van der Waals surface area contributed by atoms with Crippen LogP contribution in [0.5, 0.6) is 0 Å². The standard InChI is InChI=1S/C19H23BrN4O2S/c20-18-2-1-16(27-18)14-22-5-7-24(8-6-22)19(25)17-13-15(3-4-21-17)23-9-11-26-12-10-23/h1-4,13H,5-12,14H2. The predicted molar refractivity (Wildman–Crippen MR) is 110 cm³/mol. The molecule has 0 unspecified atom stereocenters. The molecule has 4 heterocycles. The van der Waals surface area contributed by atoms with Gasteiger partial charge in [0.15, 0.2) is 0 Å². The molecule has 0 aliphatic carbocycles. The van der Waals surface area contributed by atoms with Gasteiger partial charge in [-0.3, -0.25) is 14.7 Å². The summed E-state index contributed by atoms with van der Waals surface area (Å²) in [5.74, 6) is 0.0311. The molecule has 8 heteroatoms. The SMILES string of the molecule is O=C(c1cc(N2CCOCC2)ccn1)N1CCN(Cc2ccc(Br)s2)CC1. The minimum absolute atomic E-state index is 0.0311. The number of amides is 1. The van der Waals surface area contributed by atoms with Crippen molar-refractivity contribution < 1.29 is 9.53 Å². The number of carbonyl (C=O) groups excluding carboxylic acids is 1. The number of aromatic nitrogens is 1. The summed E-state index contributed by atoms with van der Waals surface area (Å²) in [6, 6.07) is 8.14. The van der Waals surface area contributed by atoms with Crippen LogP contribution in [0.4, 0.5) is 5.69 Å². The number of anilines is 1. The Balaban J connectivity index is 1.35. The van der Waals surface area contributed by atoms with Gasteiger partial charge in [-0.15, -0.1) is 11.3 Å². The molecule has 0 N–H and O–H groups in total. The van der Waals surface area contributed by atoms with Crippen LogP contribution in [0.3, 0.4) is 0 Å². The number of thiophene rings is 1. The molecule has 0 aromatic carbocycles. The lowest BCUT2D eigenvalue weighted by atomic mass is 10.2. The van der Waals surface area contributed by atoms with Crippen molar-refractivity contribution in [2.24, 2.45) is 0 Å². The van der Waals surface area contributed by atoms with Crippen molar-refractivity contribution in [1.29, 1.82) is 0 Å². The third-order valence-electron chi connectivity index (χ3n) is 5.01. The van der Waals surface area contributed by atoms with Crippen LogP contribution in [-0.4, -0.2) is 73.2 Å². The van der Waals surface area contributed by atoms with Gasteiger partial charge in [0.25, 0.3) is 5.91 Å². The van der Waals surface area contributed by atoms with Gasteiger partial charge >= 0.3 is 0 Å². The number of carbonyl (C=O) groups is 1. The summed E-state index contributed by atoms with van der Waals surface area (Å²) >= 11 is 5.29. The molecule has 2 aliphatic heterocycles. The Hall–Kier alpha value is -1.48. The zero-order valence-electron chi connectivity index (χ0n) is 15.1. The maximum atomic E-state index is 12.9. The average Bonchev–Trinajstić information content (AvgIpc) is 3.13. The van der Waals surface area contributed by atoms with Crippen LogP contribution < -0.4 is 4.90 Å². The monoisotopic (exact) mass is 450 g/mol. The van der Waals surface area contributed by atoms with E-state index < -0.39 is 0 Å². The molecule has 0 bridgehead atoms. The van der Waals surface area contributed by atoms with Gasteiger partial charge in [0.2, 0.25) is 0 Å². The van der Waals surface area contributed by atoms with E-state index in [9.17, 15) is 4.79 Å². The van der Waals surface area contributed by atoms with E-state index in [0.29, 0.717) is 5.69 Å². The molecular weight excluding hydrogens is 428 g/mol. The molecule has 4 rings (SSSR count). The van der Waals surface area contributed by atoms with E-state index in [-0.39, 0.29) is 5.91 Å². The summed E-state index contributed by atoms with van der Waals surface area (Å²) in [7, 11) is 0. The van der Waals surface area contributed by atoms with Crippen molar-refractivity contribution in [1.82, 2.24) is 14.8 Å². The number of halogens is 1. The number of rotatable bonds is 4. The largest absolute Gasteiger partial charge is 0.378 e. The summed E-state index contributed by atoms with van der Waals surface area (Å²) in [4.78, 5) is 25.2. The molecule has 1 amide bonds. The van der Waals surface area contributed by atoms with Gasteiger partial charge in [-0.1, -0.05) is 0 Å². The van der Waals surface area contributed by atoms with Gasteiger partial charge in [-0.2, -0.15) is 0 Å². The van der Waals surface area contributed by atoms with Crippen molar-refractivity contribution in [3.8, 4) is 0 Å². The normalized spacial score (nSPS) is 18.7. The fourth-order valence-corrected chi connectivity index (χ4v) is 5.01. The lowest BCUT2D eigenvalue weighted by Gasteiger charge is -2.34. The van der Waals surface area contributed by atoms with E-state index in [4.69, 9.17) is 4.74 Å². The molecule has 27 heavy (non-hydrogen) atoms. The Morgan fingerprint density at radius 2 is 1.89 bits per heavy atom. The van der Waals surface area contributed by atoms with Crippen LogP contribution in [0.25, 0.3) is 0 Å². The van der Waals surface area contributed by atoms with Crippen molar-refractivity contribution in [2.75, 3.05) is 57.4 Å². The third-order valence-corrected chi connectivity index (χ3v) is 6.62. The third kappa shape index (κ3) is 4.68. The smallest absolute Gasteiger partial charge is 0.272 e. The fraction of sp³-hybridized carbons (Fsp3) is 0.474. The van der Waals surface area contributed by atoms with Crippen molar-refractivity contribution >= 4 is 38.9 Å². The van der Waals surface area contributed by atoms with E-state index >= 15 is 0 Å². The van der Waals surface area contributed by atoms with Crippen molar-refractivity contribution in [3.05, 3.63) is 44.8 Å². The van der Waals surface area contributed by atoms with Gasteiger partial charge in [-0.05, 0) is 40.2 Å². The Morgan fingerprint density at radius 1 is 1.11 bits per heavy atom. The maximum absolute atomic E-state index is 12.9. The van der Waals surface area contributed by atoms with Gasteiger partial charge in [-0.25, -0.2) is 0 Å². The zero-order valence-corrected chi connectivity index (χ0v) is 17.5. The molecule has 144 valence electrons. The molecule has 0 spiro atoms. The highest BCUT2D eigenvalue weighted by Crippen LogP contribution is 2.24. The topological polar surface area (TPSA) is 48.9 Å². The molecule has 0 atom stereocenters. The van der Waals surface area contributed by atoms with Crippen molar-refractivity contribution in [2.45, 2.75) is 6.54 Å². The van der Waals surface area contributed by atoms with Crippen LogP contribution in [0.1, 0.15) is 15.4 Å². The molecule has 6 nitrogen and oxygen atoms in total. The molecule has 2 aromatic rings. The fourth-order valence-electron chi connectivity index (χ4n) is 3.48. The number of pyridine rings is 1. The first kappa shape index (κ1) is 18.9. The predicted octanol–water partition coefficient (Wildman–Crippen LogP) is 2.70. The zero-order chi connectivity index (χ0) is 18.6. The van der Waals surface area contributed by atoms with Gasteiger partial charge in [0.1, 0.15) is 5.69 Å². The van der Waals surface area contributed by atoms with Crippen LogP contribution in [0.2, 0.25) is 0 Å². The summed E-state index contributed by atoms with van der Waals surface area (Å²) in [5.41, 5.74) is 1.59. The Kier molecular flexibility index (Phi) is 6.07. The second-order valence-corrected chi connectivity index (χ2v) is 9.32. The highest BCUT2D eigenvalue weighted by atomic mass is 79.9. The molecule has 2 aromatic heterocycles. The number of hydrogen-bond acceptors (Lipinski definition) is 6. The Morgan fingerprint density at radius 3 is 2.59 bits per heavy atom. The number of piperazine rings is 1. The lowest BCUT2D eigenvalue weighted by molar-refractivity contribution is 0.0624. The minimum Gasteiger partial charge on any atom is -0.378 e. The molecular formula is C19H23BrN4O2S. The molecule has 0 radical (unpaired) electrons. The van der Waals surface area contributed by atoms with Gasteiger partial charge in [0.05, 0.1) is 17.0 Å². The lowest BCUT2D eigenvalue weighted by Crippen LogP contribution is -2.48. The van der Waals surface area contributed by atoms with E-state index in [0.717, 1.165) is 68.5 Å². The first-order valence-electron chi connectivity index (χ1n) is 9.23. The van der Waals surface area contributed by atoms with Crippen LogP contribution >= 0.6 is 27.3 Å². The van der Waals surface area contributed by atoms with Gasteiger partial charge < -0.3 is 14.5 Å². The molecule has 2 saturated heterocycles. The van der Waals surface area contributed by atoms with E-state index in [1.165, 1.54) is 4.88 Å². The minimum atomic E-state index is 0.0311. The quantitative estimate of drug-likeness (QED) is 0.716. The average molecular weight is 451 g/mol.